The van der Waals surface area contributed by atoms with Crippen LogP contribution in [0.25, 0.3) is 0 Å². The van der Waals surface area contributed by atoms with E-state index in [1.54, 1.807) is 12.4 Å². The quantitative estimate of drug-likeness (QED) is 0.299. The molecule has 8 heteroatoms. The molecule has 0 saturated carbocycles. The van der Waals surface area contributed by atoms with E-state index in [2.05, 4.69) is 14.5 Å². The molecule has 0 aliphatic carbocycles. The van der Waals surface area contributed by atoms with E-state index in [0.29, 0.717) is 0 Å². The predicted octanol–water partition coefficient (Wildman–Crippen LogP) is -0.166. The van der Waals surface area contributed by atoms with Crippen molar-refractivity contribution in [2.75, 3.05) is 33.6 Å². The minimum absolute atomic E-state index is 0.174. The number of aliphatic imine (C=N–C) groups is 1. The lowest BCUT2D eigenvalue weighted by molar-refractivity contribution is -0.143. The van der Waals surface area contributed by atoms with Crippen LogP contribution in [-0.2, 0) is 19.1 Å². The third-order valence-corrected chi connectivity index (χ3v) is 2.41. The zero-order chi connectivity index (χ0) is 13.3. The largest absolute Gasteiger partial charge is 0.468 e. The molecule has 0 spiro atoms. The average Bonchev–Trinajstić information content (AvgIpc) is 2.34. The number of thioether (sulfide) groups is 1. The molecule has 94 valence electrons. The van der Waals surface area contributed by atoms with Crippen molar-refractivity contribution >= 4 is 28.9 Å². The van der Waals surface area contributed by atoms with Gasteiger partial charge >= 0.3 is 11.9 Å². The fourth-order valence-electron chi connectivity index (χ4n) is 0.920. The molecule has 0 rings (SSSR count). The Morgan fingerprint density at radius 2 is 1.76 bits per heavy atom. The molecule has 0 N–H and O–H groups in total. The van der Waals surface area contributed by atoms with E-state index in [1.807, 2.05) is 0 Å². The number of amidine groups is 1. The molecule has 0 radical (unpaired) electrons. The van der Waals surface area contributed by atoms with E-state index in [-0.39, 0.29) is 18.3 Å². The van der Waals surface area contributed by atoms with Gasteiger partial charge in [-0.3, -0.25) is 9.59 Å². The Hall–Kier alpha value is -1.75. The van der Waals surface area contributed by atoms with Crippen molar-refractivity contribution in [2.45, 2.75) is 0 Å². The summed E-state index contributed by atoms with van der Waals surface area (Å²) in [5.74, 6) is -1.07. The lowest BCUT2D eigenvalue weighted by Gasteiger charge is -2.21. The molecule has 0 aromatic heterocycles. The predicted molar refractivity (Wildman–Crippen MR) is 62.2 cm³/mol. The fraction of sp³-hybridized carbons (Fsp3) is 0.556. The van der Waals surface area contributed by atoms with Crippen molar-refractivity contribution in [3.05, 3.63) is 0 Å². The number of ether oxygens (including phenoxy) is 2. The van der Waals surface area contributed by atoms with Gasteiger partial charge in [-0.2, -0.15) is 5.26 Å². The minimum Gasteiger partial charge on any atom is -0.468 e. The summed E-state index contributed by atoms with van der Waals surface area (Å²) in [5.41, 5.74) is 0. The van der Waals surface area contributed by atoms with Gasteiger partial charge in [0.2, 0.25) is 6.19 Å². The van der Waals surface area contributed by atoms with Crippen LogP contribution in [0.15, 0.2) is 4.99 Å². The van der Waals surface area contributed by atoms with Crippen LogP contribution in [0, 0.1) is 11.5 Å². The Morgan fingerprint density at radius 1 is 1.29 bits per heavy atom. The molecule has 0 aromatic carbocycles. The molecular weight excluding hydrogens is 246 g/mol. The monoisotopic (exact) mass is 259 g/mol. The van der Waals surface area contributed by atoms with Crippen LogP contribution >= 0.6 is 11.8 Å². The Morgan fingerprint density at radius 3 is 2.06 bits per heavy atom. The van der Waals surface area contributed by atoms with Crippen LogP contribution < -0.4 is 0 Å². The number of hydrogen-bond donors (Lipinski definition) is 0. The van der Waals surface area contributed by atoms with Crippen LogP contribution in [0.3, 0.4) is 0 Å². The molecule has 0 bridgehead atoms. The van der Waals surface area contributed by atoms with E-state index in [0.717, 1.165) is 11.8 Å². The van der Waals surface area contributed by atoms with Crippen molar-refractivity contribution in [2.24, 2.45) is 4.99 Å². The summed E-state index contributed by atoms with van der Waals surface area (Å²) in [6.45, 7) is -0.347. The molecule has 0 fully saturated rings. The van der Waals surface area contributed by atoms with Gasteiger partial charge in [0, 0.05) is 0 Å². The number of nitriles is 1. The zero-order valence-electron chi connectivity index (χ0n) is 9.80. The van der Waals surface area contributed by atoms with Gasteiger partial charge in [0.25, 0.3) is 0 Å². The second kappa shape index (κ2) is 8.41. The first-order chi connectivity index (χ1) is 8.08. The Labute approximate surface area is 103 Å². The van der Waals surface area contributed by atoms with Gasteiger partial charge in [-0.1, -0.05) is 11.8 Å². The third kappa shape index (κ3) is 5.77. The number of carbonyl (C=O) groups is 2. The molecule has 0 aliphatic heterocycles. The highest BCUT2D eigenvalue weighted by Crippen LogP contribution is 2.06. The highest BCUT2D eigenvalue weighted by molar-refractivity contribution is 8.13. The number of carbonyl (C=O) groups excluding carboxylic acids is 2. The lowest BCUT2D eigenvalue weighted by atomic mass is 10.5. The maximum absolute atomic E-state index is 11.2. The molecule has 7 nitrogen and oxygen atoms in total. The lowest BCUT2D eigenvalue weighted by Crippen LogP contribution is -2.38. The van der Waals surface area contributed by atoms with Gasteiger partial charge in [-0.25, -0.2) is 0 Å². The maximum Gasteiger partial charge on any atom is 0.325 e. The Balaban J connectivity index is 4.83. The second-order valence-corrected chi connectivity index (χ2v) is 3.48. The van der Waals surface area contributed by atoms with Crippen molar-refractivity contribution in [3.63, 3.8) is 0 Å². The number of methoxy groups -OCH3 is 2. The normalized spacial score (nSPS) is 10.4. The molecule has 0 atom stereocenters. The summed E-state index contributed by atoms with van der Waals surface area (Å²) in [6, 6.07) is 0. The van der Waals surface area contributed by atoms with Crippen LogP contribution in [0.2, 0.25) is 0 Å². The summed E-state index contributed by atoms with van der Waals surface area (Å²) in [4.78, 5) is 27.1. The molecule has 17 heavy (non-hydrogen) atoms. The highest BCUT2D eigenvalue weighted by atomic mass is 32.2. The standard InChI is InChI=1S/C9H13N3O4S/c1-15-7(13)4-12(5-8(14)16-2)9(17-3)11-6-10/h4-5H2,1-3H3. The van der Waals surface area contributed by atoms with Crippen LogP contribution in [0.5, 0.6) is 0 Å². The molecule has 0 heterocycles. The molecule has 0 amide bonds. The van der Waals surface area contributed by atoms with Gasteiger partial charge < -0.3 is 14.4 Å². The zero-order valence-corrected chi connectivity index (χ0v) is 10.6. The van der Waals surface area contributed by atoms with Crippen LogP contribution in [0.4, 0.5) is 0 Å². The van der Waals surface area contributed by atoms with Crippen molar-refractivity contribution in [3.8, 4) is 6.19 Å². The Kier molecular flexibility index (Phi) is 7.54. The summed E-state index contributed by atoms with van der Waals surface area (Å²) >= 11 is 1.15. The van der Waals surface area contributed by atoms with Gasteiger partial charge in [0.15, 0.2) is 5.17 Å². The van der Waals surface area contributed by atoms with E-state index >= 15 is 0 Å². The van der Waals surface area contributed by atoms with Gasteiger partial charge in [0.05, 0.1) is 14.2 Å². The summed E-state index contributed by atoms with van der Waals surface area (Å²) in [6.07, 6.45) is 3.28. The molecule has 0 saturated heterocycles. The van der Waals surface area contributed by atoms with Gasteiger partial charge in [0.1, 0.15) is 13.1 Å². The summed E-state index contributed by atoms with van der Waals surface area (Å²) in [5, 5.41) is 8.74. The first-order valence-electron chi connectivity index (χ1n) is 4.48. The van der Waals surface area contributed by atoms with Crippen LogP contribution in [0.1, 0.15) is 0 Å². The molecular formula is C9H13N3O4S. The smallest absolute Gasteiger partial charge is 0.325 e. The first-order valence-corrected chi connectivity index (χ1v) is 5.70. The first kappa shape index (κ1) is 15.2. The summed E-state index contributed by atoms with van der Waals surface area (Å²) < 4.78 is 8.98. The third-order valence-electron chi connectivity index (χ3n) is 1.69. The summed E-state index contributed by atoms with van der Waals surface area (Å²) in [7, 11) is 2.47. The average molecular weight is 259 g/mol. The maximum atomic E-state index is 11.2. The topological polar surface area (TPSA) is 92.0 Å². The van der Waals surface area contributed by atoms with Crippen molar-refractivity contribution in [1.82, 2.24) is 4.90 Å². The highest BCUT2D eigenvalue weighted by Gasteiger charge is 2.19. The van der Waals surface area contributed by atoms with E-state index in [4.69, 9.17) is 5.26 Å². The number of esters is 2. The van der Waals surface area contributed by atoms with Gasteiger partial charge in [-0.05, 0) is 6.26 Å². The minimum atomic E-state index is -0.534. The number of nitrogens with zero attached hydrogens (tertiary/aromatic N) is 3. The second-order valence-electron chi connectivity index (χ2n) is 2.71. The van der Waals surface area contributed by atoms with E-state index in [9.17, 15) is 9.59 Å². The Bertz CT molecular complexity index is 333. The van der Waals surface area contributed by atoms with Crippen LogP contribution in [-0.4, -0.2) is 55.6 Å². The number of rotatable bonds is 4. The molecule has 0 aliphatic rings. The van der Waals surface area contributed by atoms with Crippen molar-refractivity contribution in [1.29, 1.82) is 5.26 Å². The molecule has 0 aromatic rings. The van der Waals surface area contributed by atoms with Crippen molar-refractivity contribution < 1.29 is 19.1 Å². The molecule has 0 unspecified atom stereocenters. The fourth-order valence-corrected chi connectivity index (χ4v) is 1.44. The number of hydrogen-bond acceptors (Lipinski definition) is 7. The van der Waals surface area contributed by atoms with Gasteiger partial charge in [-0.15, -0.1) is 4.99 Å². The SMILES string of the molecule is COC(=O)CN(CC(=O)OC)C(=NC#N)SC. The van der Waals surface area contributed by atoms with E-state index in [1.165, 1.54) is 19.1 Å². The van der Waals surface area contributed by atoms with E-state index < -0.39 is 11.9 Å².